The Balaban J connectivity index is 2.03. The number of hydrogen-bond donors (Lipinski definition) is 1. The lowest BCUT2D eigenvalue weighted by Gasteiger charge is -2.03. The zero-order chi connectivity index (χ0) is 15.9. The van der Waals surface area contributed by atoms with Crippen molar-refractivity contribution in [3.05, 3.63) is 75.9 Å². The summed E-state index contributed by atoms with van der Waals surface area (Å²) < 4.78 is 5.03. The maximum absolute atomic E-state index is 10.6. The number of nitrogens with zero attached hydrogens (tertiary/aromatic N) is 1. The predicted octanol–water partition coefficient (Wildman–Crippen LogP) is 4.04. The number of phenolic OH excluding ortho intramolecular Hbond substituents is 1. The van der Waals surface area contributed by atoms with Gasteiger partial charge in [-0.25, -0.2) is 0 Å². The molecule has 5 nitrogen and oxygen atoms in total. The Morgan fingerprint density at radius 2 is 1.64 bits per heavy atom. The smallest absolute Gasteiger partial charge is 0.269 e. The molecule has 22 heavy (non-hydrogen) atoms. The molecule has 0 unspecified atom stereocenters. The molecule has 0 amide bonds. The normalized spacial score (nSPS) is 11.1. The molecule has 112 valence electrons. The van der Waals surface area contributed by atoms with Crippen molar-refractivity contribution < 1.29 is 14.8 Å². The van der Waals surface area contributed by atoms with E-state index in [4.69, 9.17) is 4.74 Å². The molecule has 0 aromatic heterocycles. The molecule has 1 N–H and O–H groups in total. The first-order valence-corrected chi connectivity index (χ1v) is 6.56. The second kappa shape index (κ2) is 7.08. The SMILES string of the molecule is COc1cc(C=CC=Cc2ccc([N+](=O)[O-])cc2)ccc1O. The van der Waals surface area contributed by atoms with Crippen LogP contribution in [0.1, 0.15) is 11.1 Å². The quantitative estimate of drug-likeness (QED) is 0.513. The van der Waals surface area contributed by atoms with Crippen LogP contribution in [0.2, 0.25) is 0 Å². The van der Waals surface area contributed by atoms with E-state index in [0.29, 0.717) is 5.75 Å². The summed E-state index contributed by atoms with van der Waals surface area (Å²) in [5.41, 5.74) is 1.84. The van der Waals surface area contributed by atoms with Gasteiger partial charge in [-0.3, -0.25) is 10.1 Å². The Morgan fingerprint density at radius 1 is 1.05 bits per heavy atom. The first-order valence-electron chi connectivity index (χ1n) is 6.56. The van der Waals surface area contributed by atoms with Crippen molar-refractivity contribution in [2.24, 2.45) is 0 Å². The minimum atomic E-state index is -0.425. The van der Waals surface area contributed by atoms with Gasteiger partial charge in [0.05, 0.1) is 12.0 Å². The van der Waals surface area contributed by atoms with E-state index >= 15 is 0 Å². The molecule has 5 heteroatoms. The zero-order valence-electron chi connectivity index (χ0n) is 12.0. The van der Waals surface area contributed by atoms with E-state index in [1.807, 2.05) is 24.3 Å². The number of ether oxygens (including phenoxy) is 1. The highest BCUT2D eigenvalue weighted by molar-refractivity contribution is 5.60. The van der Waals surface area contributed by atoms with E-state index in [0.717, 1.165) is 11.1 Å². The standard InChI is InChI=1S/C17H15NO4/c1-22-17-12-14(8-11-16(17)19)5-3-2-4-13-6-9-15(10-7-13)18(20)21/h2-12,19H,1H3. The third-order valence-corrected chi connectivity index (χ3v) is 3.00. The van der Waals surface area contributed by atoms with Gasteiger partial charge >= 0.3 is 0 Å². The summed E-state index contributed by atoms with van der Waals surface area (Å²) in [6.45, 7) is 0. The van der Waals surface area contributed by atoms with Gasteiger partial charge in [-0.1, -0.05) is 30.4 Å². The molecular weight excluding hydrogens is 282 g/mol. The molecule has 0 aliphatic carbocycles. The molecule has 0 spiro atoms. The number of phenols is 1. The minimum Gasteiger partial charge on any atom is -0.504 e. The lowest BCUT2D eigenvalue weighted by Crippen LogP contribution is -1.86. The molecule has 0 heterocycles. The zero-order valence-corrected chi connectivity index (χ0v) is 12.0. The molecular formula is C17H15NO4. The second-order valence-electron chi connectivity index (χ2n) is 4.50. The van der Waals surface area contributed by atoms with E-state index in [-0.39, 0.29) is 11.4 Å². The van der Waals surface area contributed by atoms with Crippen molar-refractivity contribution in [3.8, 4) is 11.5 Å². The topological polar surface area (TPSA) is 72.6 Å². The van der Waals surface area contributed by atoms with E-state index in [1.165, 1.54) is 19.2 Å². The Hall–Kier alpha value is -3.08. The molecule has 0 aliphatic rings. The van der Waals surface area contributed by atoms with Crippen LogP contribution < -0.4 is 4.74 Å². The summed E-state index contributed by atoms with van der Waals surface area (Å²) in [6, 6.07) is 11.4. The fourth-order valence-corrected chi connectivity index (χ4v) is 1.84. The third kappa shape index (κ3) is 3.96. The number of aromatic hydroxyl groups is 1. The van der Waals surface area contributed by atoms with Gasteiger partial charge in [0, 0.05) is 12.1 Å². The van der Waals surface area contributed by atoms with Crippen molar-refractivity contribution in [3.63, 3.8) is 0 Å². The maximum atomic E-state index is 10.6. The molecule has 2 rings (SSSR count). The molecule has 0 saturated heterocycles. The highest BCUT2D eigenvalue weighted by Gasteiger charge is 2.02. The fourth-order valence-electron chi connectivity index (χ4n) is 1.84. The molecule has 0 atom stereocenters. The van der Waals surface area contributed by atoms with Crippen molar-refractivity contribution >= 4 is 17.8 Å². The first kappa shape index (κ1) is 15.3. The Morgan fingerprint density at radius 3 is 2.23 bits per heavy atom. The van der Waals surface area contributed by atoms with Crippen LogP contribution in [0, 0.1) is 10.1 Å². The third-order valence-electron chi connectivity index (χ3n) is 3.00. The number of rotatable bonds is 5. The van der Waals surface area contributed by atoms with Gasteiger partial charge in [-0.15, -0.1) is 0 Å². The monoisotopic (exact) mass is 297 g/mol. The number of nitro groups is 1. The average Bonchev–Trinajstić information content (AvgIpc) is 2.53. The van der Waals surface area contributed by atoms with Gasteiger partial charge in [0.1, 0.15) is 0 Å². The van der Waals surface area contributed by atoms with Gasteiger partial charge in [-0.05, 0) is 35.4 Å². The van der Waals surface area contributed by atoms with E-state index in [2.05, 4.69) is 0 Å². The maximum Gasteiger partial charge on any atom is 0.269 e. The molecule has 0 saturated carbocycles. The average molecular weight is 297 g/mol. The van der Waals surface area contributed by atoms with Crippen LogP contribution in [0.15, 0.2) is 54.6 Å². The van der Waals surface area contributed by atoms with Crippen molar-refractivity contribution in [1.82, 2.24) is 0 Å². The number of hydrogen-bond acceptors (Lipinski definition) is 4. The Bertz CT molecular complexity index is 718. The van der Waals surface area contributed by atoms with E-state index in [9.17, 15) is 15.2 Å². The lowest BCUT2D eigenvalue weighted by molar-refractivity contribution is -0.384. The number of benzene rings is 2. The summed E-state index contributed by atoms with van der Waals surface area (Å²) in [5, 5.41) is 20.1. The van der Waals surface area contributed by atoms with Crippen LogP contribution in [0.4, 0.5) is 5.69 Å². The second-order valence-corrected chi connectivity index (χ2v) is 4.50. The van der Waals surface area contributed by atoms with Gasteiger partial charge < -0.3 is 9.84 Å². The molecule has 0 radical (unpaired) electrons. The Kier molecular flexibility index (Phi) is 4.93. The van der Waals surface area contributed by atoms with Crippen LogP contribution in [-0.2, 0) is 0 Å². The number of methoxy groups -OCH3 is 1. The van der Waals surface area contributed by atoms with E-state index in [1.54, 1.807) is 30.3 Å². The summed E-state index contributed by atoms with van der Waals surface area (Å²) in [5.74, 6) is 0.516. The Labute approximate surface area is 127 Å². The van der Waals surface area contributed by atoms with Gasteiger partial charge in [0.25, 0.3) is 5.69 Å². The lowest BCUT2D eigenvalue weighted by atomic mass is 10.1. The van der Waals surface area contributed by atoms with Gasteiger partial charge in [0.15, 0.2) is 11.5 Å². The van der Waals surface area contributed by atoms with E-state index < -0.39 is 4.92 Å². The summed E-state index contributed by atoms with van der Waals surface area (Å²) in [6.07, 6.45) is 7.38. The van der Waals surface area contributed by atoms with Crippen LogP contribution >= 0.6 is 0 Å². The molecule has 0 aliphatic heterocycles. The van der Waals surface area contributed by atoms with Crippen LogP contribution in [0.5, 0.6) is 11.5 Å². The summed E-state index contributed by atoms with van der Waals surface area (Å²) >= 11 is 0. The molecule has 2 aromatic carbocycles. The van der Waals surface area contributed by atoms with Crippen LogP contribution in [-0.4, -0.2) is 17.1 Å². The largest absolute Gasteiger partial charge is 0.504 e. The molecule has 2 aromatic rings. The summed E-state index contributed by atoms with van der Waals surface area (Å²) in [4.78, 5) is 10.1. The number of non-ortho nitro benzene ring substituents is 1. The number of nitro benzene ring substituents is 1. The van der Waals surface area contributed by atoms with Gasteiger partial charge in [-0.2, -0.15) is 0 Å². The van der Waals surface area contributed by atoms with Gasteiger partial charge in [0.2, 0.25) is 0 Å². The van der Waals surface area contributed by atoms with Crippen LogP contribution in [0.25, 0.3) is 12.2 Å². The predicted molar refractivity (Wildman–Crippen MR) is 85.8 cm³/mol. The fraction of sp³-hybridized carbons (Fsp3) is 0.0588. The number of allylic oxidation sites excluding steroid dienone is 2. The van der Waals surface area contributed by atoms with Crippen molar-refractivity contribution in [2.45, 2.75) is 0 Å². The summed E-state index contributed by atoms with van der Waals surface area (Å²) in [7, 11) is 1.50. The van der Waals surface area contributed by atoms with Crippen molar-refractivity contribution in [1.29, 1.82) is 0 Å². The highest BCUT2D eigenvalue weighted by Crippen LogP contribution is 2.26. The highest BCUT2D eigenvalue weighted by atomic mass is 16.6. The molecule has 0 bridgehead atoms. The molecule has 0 fully saturated rings. The van der Waals surface area contributed by atoms with Crippen molar-refractivity contribution in [2.75, 3.05) is 7.11 Å². The minimum absolute atomic E-state index is 0.0730. The van der Waals surface area contributed by atoms with Crippen LogP contribution in [0.3, 0.4) is 0 Å². The first-order chi connectivity index (χ1) is 10.6.